The lowest BCUT2D eigenvalue weighted by Gasteiger charge is -2.07. The SMILES string of the molecule is CC(c1nc(-c2cccs2)no1)n1ccc(C(F)(F)F)n1. The van der Waals surface area contributed by atoms with Gasteiger partial charge in [0.2, 0.25) is 5.82 Å². The van der Waals surface area contributed by atoms with E-state index in [0.29, 0.717) is 5.82 Å². The zero-order chi connectivity index (χ0) is 15.0. The van der Waals surface area contributed by atoms with Crippen molar-refractivity contribution in [3.05, 3.63) is 41.4 Å². The van der Waals surface area contributed by atoms with Crippen LogP contribution < -0.4 is 0 Å². The molecule has 9 heteroatoms. The largest absolute Gasteiger partial charge is 0.435 e. The molecule has 0 aliphatic carbocycles. The molecule has 0 spiro atoms. The van der Waals surface area contributed by atoms with Gasteiger partial charge in [0.05, 0.1) is 4.88 Å². The Morgan fingerprint density at radius 3 is 2.76 bits per heavy atom. The van der Waals surface area contributed by atoms with E-state index in [1.807, 2.05) is 17.5 Å². The molecule has 0 aliphatic rings. The Labute approximate surface area is 121 Å². The molecule has 0 aliphatic heterocycles. The number of rotatable bonds is 3. The van der Waals surface area contributed by atoms with Gasteiger partial charge in [-0.15, -0.1) is 11.3 Å². The highest BCUT2D eigenvalue weighted by atomic mass is 32.1. The first kappa shape index (κ1) is 13.8. The summed E-state index contributed by atoms with van der Waals surface area (Å²) in [5, 5.41) is 9.19. The molecule has 0 N–H and O–H groups in total. The Hall–Kier alpha value is -2.16. The second-order valence-electron chi connectivity index (χ2n) is 4.29. The number of hydrogen-bond donors (Lipinski definition) is 0. The normalized spacial score (nSPS) is 13.5. The first-order chi connectivity index (χ1) is 9.95. The van der Waals surface area contributed by atoms with Crippen LogP contribution in [0.25, 0.3) is 10.7 Å². The van der Waals surface area contributed by atoms with Gasteiger partial charge in [-0.2, -0.15) is 23.3 Å². The van der Waals surface area contributed by atoms with Gasteiger partial charge in [-0.05, 0) is 24.4 Å². The number of nitrogens with zero attached hydrogens (tertiary/aromatic N) is 4. The van der Waals surface area contributed by atoms with Gasteiger partial charge >= 0.3 is 6.18 Å². The zero-order valence-corrected chi connectivity index (χ0v) is 11.5. The molecule has 0 saturated heterocycles. The summed E-state index contributed by atoms with van der Waals surface area (Å²) in [6.07, 6.45) is -3.23. The predicted octanol–water partition coefficient (Wildman–Crippen LogP) is 3.62. The van der Waals surface area contributed by atoms with Crippen molar-refractivity contribution in [2.75, 3.05) is 0 Å². The number of thiophene rings is 1. The van der Waals surface area contributed by atoms with E-state index in [9.17, 15) is 13.2 Å². The van der Waals surface area contributed by atoms with Crippen LogP contribution in [0, 0.1) is 0 Å². The molecule has 0 bridgehead atoms. The van der Waals surface area contributed by atoms with Crippen LogP contribution in [0.4, 0.5) is 13.2 Å². The predicted molar refractivity (Wildman–Crippen MR) is 68.7 cm³/mol. The maximum absolute atomic E-state index is 12.5. The van der Waals surface area contributed by atoms with Crippen molar-refractivity contribution >= 4 is 11.3 Å². The molecule has 3 rings (SSSR count). The highest BCUT2D eigenvalue weighted by molar-refractivity contribution is 7.13. The fraction of sp³-hybridized carbons (Fsp3) is 0.250. The molecule has 1 atom stereocenters. The Morgan fingerprint density at radius 1 is 1.33 bits per heavy atom. The molecule has 21 heavy (non-hydrogen) atoms. The minimum atomic E-state index is -4.47. The van der Waals surface area contributed by atoms with E-state index in [4.69, 9.17) is 4.52 Å². The van der Waals surface area contributed by atoms with Crippen LogP contribution >= 0.6 is 11.3 Å². The summed E-state index contributed by atoms with van der Waals surface area (Å²) in [6.45, 7) is 1.64. The van der Waals surface area contributed by atoms with Gasteiger partial charge in [-0.3, -0.25) is 4.68 Å². The summed E-state index contributed by atoms with van der Waals surface area (Å²) in [4.78, 5) is 5.02. The molecular weight excluding hydrogens is 305 g/mol. The summed E-state index contributed by atoms with van der Waals surface area (Å²) < 4.78 is 43.8. The van der Waals surface area contributed by atoms with E-state index in [0.717, 1.165) is 15.6 Å². The van der Waals surface area contributed by atoms with E-state index in [2.05, 4.69) is 15.2 Å². The minimum Gasteiger partial charge on any atom is -0.337 e. The first-order valence-corrected chi connectivity index (χ1v) is 6.83. The summed E-state index contributed by atoms with van der Waals surface area (Å²) >= 11 is 1.45. The molecule has 1 unspecified atom stereocenters. The van der Waals surface area contributed by atoms with Gasteiger partial charge in [0, 0.05) is 6.20 Å². The van der Waals surface area contributed by atoms with Gasteiger partial charge in [0.25, 0.3) is 5.89 Å². The van der Waals surface area contributed by atoms with E-state index in [1.165, 1.54) is 17.5 Å². The molecule has 0 saturated carbocycles. The van der Waals surface area contributed by atoms with Gasteiger partial charge < -0.3 is 4.52 Å². The summed E-state index contributed by atoms with van der Waals surface area (Å²) in [5.41, 5.74) is -0.952. The minimum absolute atomic E-state index is 0.204. The molecule has 0 aromatic carbocycles. The number of aromatic nitrogens is 4. The topological polar surface area (TPSA) is 56.7 Å². The van der Waals surface area contributed by atoms with Crippen molar-refractivity contribution < 1.29 is 17.7 Å². The molecule has 3 aromatic heterocycles. The molecule has 0 fully saturated rings. The van der Waals surface area contributed by atoms with E-state index in [-0.39, 0.29) is 5.89 Å². The van der Waals surface area contributed by atoms with Crippen molar-refractivity contribution in [2.24, 2.45) is 0 Å². The van der Waals surface area contributed by atoms with Crippen LogP contribution in [0.15, 0.2) is 34.3 Å². The number of alkyl halides is 3. The summed E-state index contributed by atoms with van der Waals surface area (Å²) in [6, 6.07) is 4.01. The Balaban J connectivity index is 1.85. The van der Waals surface area contributed by atoms with Gasteiger partial charge in [0.15, 0.2) is 5.69 Å². The third kappa shape index (κ3) is 2.68. The van der Waals surface area contributed by atoms with Crippen LogP contribution in [0.5, 0.6) is 0 Å². The summed E-state index contributed by atoms with van der Waals surface area (Å²) in [5.74, 6) is 0.616. The molecule has 0 radical (unpaired) electrons. The average molecular weight is 314 g/mol. The van der Waals surface area contributed by atoms with Gasteiger partial charge in [-0.25, -0.2) is 0 Å². The van der Waals surface area contributed by atoms with E-state index >= 15 is 0 Å². The van der Waals surface area contributed by atoms with Gasteiger partial charge in [0.1, 0.15) is 6.04 Å². The highest BCUT2D eigenvalue weighted by Gasteiger charge is 2.34. The van der Waals surface area contributed by atoms with Crippen molar-refractivity contribution in [1.29, 1.82) is 0 Å². The van der Waals surface area contributed by atoms with Crippen molar-refractivity contribution in [2.45, 2.75) is 19.1 Å². The van der Waals surface area contributed by atoms with Crippen LogP contribution in [0.1, 0.15) is 24.6 Å². The van der Waals surface area contributed by atoms with Crippen LogP contribution in [0.2, 0.25) is 0 Å². The number of halogens is 3. The van der Waals surface area contributed by atoms with Crippen molar-refractivity contribution in [3.63, 3.8) is 0 Å². The van der Waals surface area contributed by atoms with Crippen LogP contribution in [-0.2, 0) is 6.18 Å². The second kappa shape index (κ2) is 4.99. The zero-order valence-electron chi connectivity index (χ0n) is 10.7. The lowest BCUT2D eigenvalue weighted by atomic mass is 10.3. The van der Waals surface area contributed by atoms with Crippen LogP contribution in [-0.4, -0.2) is 19.9 Å². The maximum atomic E-state index is 12.5. The third-order valence-electron chi connectivity index (χ3n) is 2.84. The molecule has 5 nitrogen and oxygen atoms in total. The lowest BCUT2D eigenvalue weighted by Crippen LogP contribution is -2.11. The number of hydrogen-bond acceptors (Lipinski definition) is 5. The van der Waals surface area contributed by atoms with E-state index < -0.39 is 17.9 Å². The van der Waals surface area contributed by atoms with Gasteiger partial charge in [-0.1, -0.05) is 11.2 Å². The monoisotopic (exact) mass is 314 g/mol. The van der Waals surface area contributed by atoms with Crippen molar-refractivity contribution in [1.82, 2.24) is 19.9 Å². The Bertz CT molecular complexity index is 732. The standard InChI is InChI=1S/C12H9F3N4OS/c1-7(19-5-4-9(17-19)12(13,14)15)11-16-10(18-20-11)8-3-2-6-21-8/h2-7H,1H3. The maximum Gasteiger partial charge on any atom is 0.435 e. The van der Waals surface area contributed by atoms with E-state index in [1.54, 1.807) is 6.92 Å². The fourth-order valence-corrected chi connectivity index (χ4v) is 2.38. The molecule has 3 aromatic rings. The third-order valence-corrected chi connectivity index (χ3v) is 3.70. The highest BCUT2D eigenvalue weighted by Crippen LogP contribution is 2.29. The molecule has 110 valence electrons. The van der Waals surface area contributed by atoms with Crippen LogP contribution in [0.3, 0.4) is 0 Å². The van der Waals surface area contributed by atoms with Crippen molar-refractivity contribution in [3.8, 4) is 10.7 Å². The first-order valence-electron chi connectivity index (χ1n) is 5.95. The second-order valence-corrected chi connectivity index (χ2v) is 5.24. The Kier molecular flexibility index (Phi) is 3.28. The fourth-order valence-electron chi connectivity index (χ4n) is 1.73. The molecule has 0 amide bonds. The quantitative estimate of drug-likeness (QED) is 0.741. The molecule has 3 heterocycles. The lowest BCUT2D eigenvalue weighted by molar-refractivity contribution is -0.141. The molecular formula is C12H9F3N4OS. The smallest absolute Gasteiger partial charge is 0.337 e. The summed E-state index contributed by atoms with van der Waals surface area (Å²) in [7, 11) is 0. The average Bonchev–Trinajstić information content (AvgIpc) is 3.17. The Morgan fingerprint density at radius 2 is 2.14 bits per heavy atom.